The number of ether oxygens (including phenoxy) is 1. The van der Waals surface area contributed by atoms with Gasteiger partial charge in [-0.15, -0.1) is 0 Å². The minimum absolute atomic E-state index is 0.112. The van der Waals surface area contributed by atoms with Crippen LogP contribution in [0.15, 0.2) is 12.1 Å². The Labute approximate surface area is 93.1 Å². The van der Waals surface area contributed by atoms with E-state index < -0.39 is 12.0 Å². The highest BCUT2D eigenvalue weighted by atomic mass is 19.1. The van der Waals surface area contributed by atoms with Crippen LogP contribution in [0.5, 0.6) is 5.75 Å². The maximum atomic E-state index is 13.5. The van der Waals surface area contributed by atoms with Gasteiger partial charge >= 0.3 is 0 Å². The van der Waals surface area contributed by atoms with Gasteiger partial charge in [0, 0.05) is 6.42 Å². The molecule has 5 heteroatoms. The van der Waals surface area contributed by atoms with Crippen LogP contribution in [0.2, 0.25) is 0 Å². The molecule has 16 heavy (non-hydrogen) atoms. The van der Waals surface area contributed by atoms with Gasteiger partial charge in [0.2, 0.25) is 0 Å². The number of nitrogens with two attached hydrogens (primary N) is 1. The van der Waals surface area contributed by atoms with Gasteiger partial charge in [0.25, 0.3) is 0 Å². The third-order valence-electron chi connectivity index (χ3n) is 2.30. The Morgan fingerprint density at radius 3 is 2.62 bits per heavy atom. The van der Waals surface area contributed by atoms with Crippen LogP contribution < -0.4 is 10.6 Å². The lowest BCUT2D eigenvalue weighted by molar-refractivity contribution is 0.140. The molecule has 0 aliphatic heterocycles. The van der Waals surface area contributed by atoms with E-state index in [1.54, 1.807) is 6.07 Å². The lowest BCUT2D eigenvalue weighted by atomic mass is 10.0. The fraction of sp³-hybridized carbons (Fsp3) is 0.455. The van der Waals surface area contributed by atoms with Crippen molar-refractivity contribution in [2.45, 2.75) is 19.5 Å². The number of halogens is 2. The third kappa shape index (κ3) is 2.90. The van der Waals surface area contributed by atoms with Gasteiger partial charge in [0.15, 0.2) is 11.6 Å². The molecule has 0 bridgehead atoms. The van der Waals surface area contributed by atoms with Crippen molar-refractivity contribution in [1.82, 2.24) is 0 Å². The van der Waals surface area contributed by atoms with Gasteiger partial charge in [-0.2, -0.15) is 0 Å². The number of rotatable bonds is 5. The second-order valence-electron chi connectivity index (χ2n) is 3.43. The van der Waals surface area contributed by atoms with Crippen LogP contribution in [0.25, 0.3) is 0 Å². The predicted molar refractivity (Wildman–Crippen MR) is 56.3 cm³/mol. The highest BCUT2D eigenvalue weighted by molar-refractivity contribution is 5.39. The Bertz CT molecular complexity index is 356. The molecular formula is C11H15F2NO2. The van der Waals surface area contributed by atoms with Gasteiger partial charge < -0.3 is 9.57 Å². The summed E-state index contributed by atoms with van der Waals surface area (Å²) in [4.78, 5) is 4.41. The van der Waals surface area contributed by atoms with Crippen LogP contribution in [0.3, 0.4) is 0 Å². The van der Waals surface area contributed by atoms with E-state index in [1.807, 2.05) is 0 Å². The van der Waals surface area contributed by atoms with E-state index in [4.69, 9.17) is 10.6 Å². The number of methoxy groups -OCH3 is 1. The molecule has 3 nitrogen and oxygen atoms in total. The summed E-state index contributed by atoms with van der Waals surface area (Å²) in [5, 5.41) is 0. The van der Waals surface area contributed by atoms with Crippen LogP contribution >= 0.6 is 0 Å². The molecule has 1 aromatic rings. The zero-order valence-electron chi connectivity index (χ0n) is 9.30. The molecule has 1 atom stereocenters. The third-order valence-corrected chi connectivity index (χ3v) is 2.30. The SMILES string of the molecule is COc1c(F)cc(C(C)F)cc1CCON. The molecule has 1 aromatic carbocycles. The van der Waals surface area contributed by atoms with E-state index in [2.05, 4.69) is 4.84 Å². The molecule has 0 amide bonds. The molecule has 1 unspecified atom stereocenters. The Morgan fingerprint density at radius 2 is 2.12 bits per heavy atom. The molecule has 0 aliphatic carbocycles. The molecule has 0 spiro atoms. The summed E-state index contributed by atoms with van der Waals surface area (Å²) in [6.07, 6.45) is -0.852. The minimum Gasteiger partial charge on any atom is -0.493 e. The molecule has 1 rings (SSSR count). The monoisotopic (exact) mass is 231 g/mol. The molecule has 0 heterocycles. The molecule has 0 saturated heterocycles. The Hall–Kier alpha value is -1.20. The summed E-state index contributed by atoms with van der Waals surface area (Å²) >= 11 is 0. The van der Waals surface area contributed by atoms with Crippen molar-refractivity contribution < 1.29 is 18.4 Å². The Balaban J connectivity index is 3.09. The highest BCUT2D eigenvalue weighted by Crippen LogP contribution is 2.28. The molecule has 2 N–H and O–H groups in total. The summed E-state index contributed by atoms with van der Waals surface area (Å²) in [5.41, 5.74) is 0.831. The predicted octanol–water partition coefficient (Wildman–Crippen LogP) is 2.30. The highest BCUT2D eigenvalue weighted by Gasteiger charge is 2.14. The molecule has 0 fully saturated rings. The fourth-order valence-electron chi connectivity index (χ4n) is 1.49. The number of hydrogen-bond acceptors (Lipinski definition) is 3. The summed E-state index contributed by atoms with van der Waals surface area (Å²) in [7, 11) is 1.36. The van der Waals surface area contributed by atoms with Crippen molar-refractivity contribution in [2.24, 2.45) is 5.90 Å². The fourth-order valence-corrected chi connectivity index (χ4v) is 1.49. The first kappa shape index (κ1) is 12.9. The van der Waals surface area contributed by atoms with Gasteiger partial charge in [-0.3, -0.25) is 0 Å². The van der Waals surface area contributed by atoms with E-state index in [0.29, 0.717) is 12.0 Å². The first-order valence-electron chi connectivity index (χ1n) is 4.92. The zero-order valence-corrected chi connectivity index (χ0v) is 9.30. The first-order valence-corrected chi connectivity index (χ1v) is 4.92. The van der Waals surface area contributed by atoms with Crippen molar-refractivity contribution in [3.05, 3.63) is 29.1 Å². The van der Waals surface area contributed by atoms with Gasteiger partial charge in [0.1, 0.15) is 6.17 Å². The largest absolute Gasteiger partial charge is 0.493 e. The maximum absolute atomic E-state index is 13.5. The maximum Gasteiger partial charge on any atom is 0.165 e. The molecule has 0 aliphatic rings. The second kappa shape index (κ2) is 5.77. The topological polar surface area (TPSA) is 44.5 Å². The van der Waals surface area contributed by atoms with Gasteiger partial charge in [-0.1, -0.05) is 0 Å². The molecule has 0 radical (unpaired) electrons. The van der Waals surface area contributed by atoms with Gasteiger partial charge in [-0.25, -0.2) is 14.7 Å². The summed E-state index contributed by atoms with van der Waals surface area (Å²) in [6, 6.07) is 2.70. The van der Waals surface area contributed by atoms with Crippen molar-refractivity contribution in [2.75, 3.05) is 13.7 Å². The van der Waals surface area contributed by atoms with Crippen molar-refractivity contribution >= 4 is 0 Å². The second-order valence-corrected chi connectivity index (χ2v) is 3.43. The van der Waals surface area contributed by atoms with Gasteiger partial charge in [-0.05, 0) is 30.2 Å². The molecule has 0 saturated carbocycles. The summed E-state index contributed by atoms with van der Waals surface area (Å²) in [5.74, 6) is 4.43. The van der Waals surface area contributed by atoms with Gasteiger partial charge in [0.05, 0.1) is 13.7 Å². The first-order chi connectivity index (χ1) is 7.60. The van der Waals surface area contributed by atoms with E-state index >= 15 is 0 Å². The molecule has 0 aromatic heterocycles. The van der Waals surface area contributed by atoms with Crippen LogP contribution in [0, 0.1) is 5.82 Å². The Kier molecular flexibility index (Phi) is 4.64. The summed E-state index contributed by atoms with van der Waals surface area (Å²) in [6.45, 7) is 1.57. The summed E-state index contributed by atoms with van der Waals surface area (Å²) < 4.78 is 31.5. The van der Waals surface area contributed by atoms with E-state index in [0.717, 1.165) is 6.07 Å². The Morgan fingerprint density at radius 1 is 1.44 bits per heavy atom. The van der Waals surface area contributed by atoms with E-state index in [-0.39, 0.29) is 17.9 Å². The minimum atomic E-state index is -1.22. The van der Waals surface area contributed by atoms with Crippen LogP contribution in [-0.2, 0) is 11.3 Å². The van der Waals surface area contributed by atoms with Crippen LogP contribution in [0.4, 0.5) is 8.78 Å². The normalized spacial score (nSPS) is 12.6. The number of alkyl halides is 1. The lowest BCUT2D eigenvalue weighted by Crippen LogP contribution is -2.06. The number of benzene rings is 1. The van der Waals surface area contributed by atoms with E-state index in [1.165, 1.54) is 14.0 Å². The zero-order chi connectivity index (χ0) is 12.1. The average molecular weight is 231 g/mol. The lowest BCUT2D eigenvalue weighted by Gasteiger charge is -2.12. The van der Waals surface area contributed by atoms with E-state index in [9.17, 15) is 8.78 Å². The average Bonchev–Trinajstić information content (AvgIpc) is 2.25. The molecular weight excluding hydrogens is 216 g/mol. The van der Waals surface area contributed by atoms with Crippen LogP contribution in [0.1, 0.15) is 24.2 Å². The molecule has 90 valence electrons. The number of hydrogen-bond donors (Lipinski definition) is 1. The quantitative estimate of drug-likeness (QED) is 0.791. The van der Waals surface area contributed by atoms with Crippen molar-refractivity contribution in [3.63, 3.8) is 0 Å². The van der Waals surface area contributed by atoms with Crippen molar-refractivity contribution in [1.29, 1.82) is 0 Å². The smallest absolute Gasteiger partial charge is 0.165 e. The van der Waals surface area contributed by atoms with Crippen molar-refractivity contribution in [3.8, 4) is 5.75 Å². The van der Waals surface area contributed by atoms with Crippen LogP contribution in [-0.4, -0.2) is 13.7 Å². The standard InChI is InChI=1S/C11H15F2NO2/c1-7(12)9-5-8(3-4-16-14)11(15-2)10(13)6-9/h5-7H,3-4,14H2,1-2H3.